The average molecular weight is 97.1 g/mol. The van der Waals surface area contributed by atoms with E-state index in [0.29, 0.717) is 0 Å². The Kier molecular flexibility index (Phi) is 16.8. The van der Waals surface area contributed by atoms with Crippen LogP contribution in [0.25, 0.3) is 0 Å². The SMILES string of the molecule is CCC=S.[Na]. The molecule has 0 aliphatic rings. The minimum atomic E-state index is 0. The second-order valence-corrected chi connectivity index (χ2v) is 0.908. The van der Waals surface area contributed by atoms with Gasteiger partial charge in [-0.1, -0.05) is 19.1 Å². The van der Waals surface area contributed by atoms with Gasteiger partial charge in [0.15, 0.2) is 0 Å². The van der Waals surface area contributed by atoms with Gasteiger partial charge in [0.1, 0.15) is 0 Å². The summed E-state index contributed by atoms with van der Waals surface area (Å²) in [6.45, 7) is 2.02. The first-order valence-corrected chi connectivity index (χ1v) is 1.82. The molecule has 2 heteroatoms. The van der Waals surface area contributed by atoms with Crippen molar-refractivity contribution >= 4 is 47.1 Å². The molecule has 0 aromatic heterocycles. The van der Waals surface area contributed by atoms with Crippen molar-refractivity contribution in [3.63, 3.8) is 0 Å². The van der Waals surface area contributed by atoms with Crippen LogP contribution in [0.15, 0.2) is 0 Å². The molecule has 25 valence electrons. The van der Waals surface area contributed by atoms with Crippen LogP contribution in [0.3, 0.4) is 0 Å². The second kappa shape index (κ2) is 8.92. The zero-order chi connectivity index (χ0) is 3.41. The standard InChI is InChI=1S/C3H6S.Na/c1-2-3-4;/h3H,2H2,1H3;. The van der Waals surface area contributed by atoms with E-state index in [9.17, 15) is 0 Å². The van der Waals surface area contributed by atoms with E-state index in [-0.39, 0.29) is 29.6 Å². The molecule has 0 unspecified atom stereocenters. The maximum Gasteiger partial charge on any atom is 0 e. The maximum atomic E-state index is 4.43. The Morgan fingerprint density at radius 2 is 2.00 bits per heavy atom. The summed E-state index contributed by atoms with van der Waals surface area (Å²) in [6.07, 6.45) is 1.01. The zero-order valence-electron chi connectivity index (χ0n) is 3.69. The fourth-order valence-corrected chi connectivity index (χ4v) is 0. The number of rotatable bonds is 1. The zero-order valence-corrected chi connectivity index (χ0v) is 6.51. The van der Waals surface area contributed by atoms with Crippen LogP contribution in [0.1, 0.15) is 13.3 Å². The van der Waals surface area contributed by atoms with Gasteiger partial charge in [-0.05, 0) is 11.8 Å². The van der Waals surface area contributed by atoms with Crippen molar-refractivity contribution in [2.45, 2.75) is 13.3 Å². The second-order valence-electron chi connectivity index (χ2n) is 0.575. The fourth-order valence-electron chi connectivity index (χ4n) is 0. The maximum absolute atomic E-state index is 4.43. The van der Waals surface area contributed by atoms with Gasteiger partial charge in [0.05, 0.1) is 0 Å². The normalized spacial score (nSPS) is 5.00. The Labute approximate surface area is 60.2 Å². The van der Waals surface area contributed by atoms with Crippen LogP contribution in [0.2, 0.25) is 0 Å². The molecule has 0 aliphatic carbocycles. The third-order valence-corrected chi connectivity index (χ3v) is 0.500. The number of thiocarbonyl (C=S) groups is 1. The molecule has 0 aromatic carbocycles. The third kappa shape index (κ3) is 11.1. The van der Waals surface area contributed by atoms with Crippen LogP contribution in [0.4, 0.5) is 0 Å². The van der Waals surface area contributed by atoms with Crippen molar-refractivity contribution in [3.8, 4) is 0 Å². The van der Waals surface area contributed by atoms with E-state index in [4.69, 9.17) is 0 Å². The van der Waals surface area contributed by atoms with Gasteiger partial charge in [-0.25, -0.2) is 0 Å². The predicted molar refractivity (Wildman–Crippen MR) is 29.7 cm³/mol. The molecule has 0 amide bonds. The van der Waals surface area contributed by atoms with Crippen molar-refractivity contribution < 1.29 is 0 Å². The summed E-state index contributed by atoms with van der Waals surface area (Å²) in [5.74, 6) is 0. The van der Waals surface area contributed by atoms with E-state index in [1.165, 1.54) is 0 Å². The van der Waals surface area contributed by atoms with Gasteiger partial charge in [0.25, 0.3) is 0 Å². The molecular formula is C3H6NaS. The van der Waals surface area contributed by atoms with E-state index in [2.05, 4.69) is 12.2 Å². The van der Waals surface area contributed by atoms with Crippen LogP contribution in [-0.4, -0.2) is 34.9 Å². The van der Waals surface area contributed by atoms with Crippen LogP contribution < -0.4 is 0 Å². The molecule has 0 N–H and O–H groups in total. The first-order valence-electron chi connectivity index (χ1n) is 1.35. The quantitative estimate of drug-likeness (QED) is 0.347. The van der Waals surface area contributed by atoms with Crippen molar-refractivity contribution in [1.82, 2.24) is 0 Å². The van der Waals surface area contributed by atoms with Crippen molar-refractivity contribution in [2.75, 3.05) is 0 Å². The largest absolute Gasteiger partial charge is 0.0935 e. The van der Waals surface area contributed by atoms with Crippen molar-refractivity contribution in [2.24, 2.45) is 0 Å². The molecule has 0 saturated heterocycles. The van der Waals surface area contributed by atoms with E-state index in [1.54, 1.807) is 5.37 Å². The number of hydrogen-bond acceptors (Lipinski definition) is 1. The molecule has 0 heterocycles. The van der Waals surface area contributed by atoms with Crippen molar-refractivity contribution in [3.05, 3.63) is 0 Å². The van der Waals surface area contributed by atoms with Crippen LogP contribution in [-0.2, 0) is 0 Å². The molecule has 0 aliphatic heterocycles. The van der Waals surface area contributed by atoms with Gasteiger partial charge in [0, 0.05) is 29.6 Å². The van der Waals surface area contributed by atoms with E-state index in [1.807, 2.05) is 6.92 Å². The Balaban J connectivity index is 0. The molecule has 0 rings (SSSR count). The molecular weight excluding hydrogens is 91.1 g/mol. The third-order valence-electron chi connectivity index (χ3n) is 0.167. The first-order chi connectivity index (χ1) is 1.91. The van der Waals surface area contributed by atoms with Gasteiger partial charge in [0.2, 0.25) is 0 Å². The summed E-state index contributed by atoms with van der Waals surface area (Å²) in [4.78, 5) is 0. The predicted octanol–water partition coefficient (Wildman–Crippen LogP) is 1.02. The molecule has 0 saturated carbocycles. The summed E-state index contributed by atoms with van der Waals surface area (Å²) < 4.78 is 0. The summed E-state index contributed by atoms with van der Waals surface area (Å²) in [5, 5.41) is 1.71. The fraction of sp³-hybridized carbons (Fsp3) is 0.667. The molecule has 0 fully saturated rings. The van der Waals surface area contributed by atoms with Gasteiger partial charge in [-0.15, -0.1) is 0 Å². The minimum absolute atomic E-state index is 0. The summed E-state index contributed by atoms with van der Waals surface area (Å²) >= 11 is 4.43. The van der Waals surface area contributed by atoms with E-state index in [0.717, 1.165) is 6.42 Å². The molecule has 1 radical (unpaired) electrons. The van der Waals surface area contributed by atoms with Gasteiger partial charge < -0.3 is 0 Å². The van der Waals surface area contributed by atoms with Gasteiger partial charge in [-0.3, -0.25) is 0 Å². The van der Waals surface area contributed by atoms with E-state index < -0.39 is 0 Å². The molecule has 0 aromatic rings. The molecule has 0 atom stereocenters. The molecule has 5 heavy (non-hydrogen) atoms. The Hall–Kier alpha value is 1.09. The van der Waals surface area contributed by atoms with Crippen LogP contribution in [0, 0.1) is 0 Å². The Bertz CT molecular complexity index is 20.9. The molecule has 0 nitrogen and oxygen atoms in total. The molecule has 0 spiro atoms. The van der Waals surface area contributed by atoms with Gasteiger partial charge >= 0.3 is 0 Å². The monoisotopic (exact) mass is 97.0 g/mol. The Morgan fingerprint density at radius 3 is 2.00 bits per heavy atom. The summed E-state index contributed by atoms with van der Waals surface area (Å²) in [6, 6.07) is 0. The van der Waals surface area contributed by atoms with Crippen molar-refractivity contribution in [1.29, 1.82) is 0 Å². The first kappa shape index (κ1) is 9.43. The average Bonchev–Trinajstić information content (AvgIpc) is 1.37. The smallest absolute Gasteiger partial charge is 0 e. The molecule has 0 bridgehead atoms. The van der Waals surface area contributed by atoms with Gasteiger partial charge in [-0.2, -0.15) is 0 Å². The number of hydrogen-bond donors (Lipinski definition) is 0. The van der Waals surface area contributed by atoms with E-state index >= 15 is 0 Å². The van der Waals surface area contributed by atoms with Crippen LogP contribution >= 0.6 is 12.2 Å². The summed E-state index contributed by atoms with van der Waals surface area (Å²) in [5.41, 5.74) is 0. The van der Waals surface area contributed by atoms with Crippen LogP contribution in [0.5, 0.6) is 0 Å². The topological polar surface area (TPSA) is 0 Å². The summed E-state index contributed by atoms with van der Waals surface area (Å²) in [7, 11) is 0. The Morgan fingerprint density at radius 1 is 1.80 bits per heavy atom. The minimum Gasteiger partial charge on any atom is -0.0935 e.